The molecule has 1 atom stereocenters. The summed E-state index contributed by atoms with van der Waals surface area (Å²) in [6.07, 6.45) is 2.46. The summed E-state index contributed by atoms with van der Waals surface area (Å²) in [7, 11) is 3.53. The highest BCUT2D eigenvalue weighted by molar-refractivity contribution is 4.81. The minimum Gasteiger partial charge on any atom is -0.383 e. The zero-order chi connectivity index (χ0) is 15.4. The summed E-state index contributed by atoms with van der Waals surface area (Å²) >= 11 is 0. The molecule has 0 radical (unpaired) electrons. The predicted octanol–water partition coefficient (Wildman–Crippen LogP) is 2.39. The molecule has 4 heteroatoms. The van der Waals surface area contributed by atoms with Crippen molar-refractivity contribution in [2.45, 2.75) is 46.6 Å². The van der Waals surface area contributed by atoms with E-state index in [1.54, 1.807) is 14.2 Å². The first-order chi connectivity index (χ1) is 9.47. The van der Waals surface area contributed by atoms with E-state index in [0.29, 0.717) is 11.5 Å². The summed E-state index contributed by atoms with van der Waals surface area (Å²) in [6, 6.07) is 0.539. The van der Waals surface area contributed by atoms with Crippen LogP contribution >= 0.6 is 0 Å². The fraction of sp³-hybridized carbons (Fsp3) is 1.00. The molecule has 0 aromatic heterocycles. The van der Waals surface area contributed by atoms with Gasteiger partial charge in [-0.25, -0.2) is 0 Å². The predicted molar refractivity (Wildman–Crippen MR) is 86.3 cm³/mol. The molecule has 0 spiro atoms. The maximum absolute atomic E-state index is 5.23. The molecule has 0 aromatic rings. The van der Waals surface area contributed by atoms with Crippen LogP contribution in [-0.2, 0) is 9.47 Å². The fourth-order valence-corrected chi connectivity index (χ4v) is 2.53. The average molecular weight is 288 g/mol. The van der Waals surface area contributed by atoms with E-state index < -0.39 is 0 Å². The Morgan fingerprint density at radius 2 is 1.65 bits per heavy atom. The van der Waals surface area contributed by atoms with Crippen molar-refractivity contribution >= 4 is 0 Å². The second-order valence-corrected chi connectivity index (χ2v) is 6.36. The lowest BCUT2D eigenvalue weighted by Gasteiger charge is -2.36. The van der Waals surface area contributed by atoms with Gasteiger partial charge in [0.25, 0.3) is 0 Å². The molecular formula is C16H36N2O2. The highest BCUT2D eigenvalue weighted by Crippen LogP contribution is 2.24. The van der Waals surface area contributed by atoms with Crippen molar-refractivity contribution < 1.29 is 9.47 Å². The normalized spacial score (nSPS) is 15.0. The highest BCUT2D eigenvalue weighted by atomic mass is 16.5. The van der Waals surface area contributed by atoms with Crippen LogP contribution in [0.3, 0.4) is 0 Å². The van der Waals surface area contributed by atoms with Crippen LogP contribution in [0.2, 0.25) is 0 Å². The van der Waals surface area contributed by atoms with E-state index in [0.717, 1.165) is 39.4 Å². The van der Waals surface area contributed by atoms with Crippen molar-refractivity contribution in [2.24, 2.45) is 5.41 Å². The Balaban J connectivity index is 4.50. The average Bonchev–Trinajstić information content (AvgIpc) is 2.40. The Hall–Kier alpha value is -0.160. The fourth-order valence-electron chi connectivity index (χ4n) is 2.53. The third-order valence-corrected chi connectivity index (χ3v) is 3.62. The van der Waals surface area contributed by atoms with E-state index in [9.17, 15) is 0 Å². The van der Waals surface area contributed by atoms with Crippen LogP contribution in [0, 0.1) is 5.41 Å². The maximum Gasteiger partial charge on any atom is 0.0589 e. The number of methoxy groups -OCH3 is 2. The van der Waals surface area contributed by atoms with Crippen molar-refractivity contribution in [3.05, 3.63) is 0 Å². The lowest BCUT2D eigenvalue weighted by Crippen LogP contribution is -2.45. The molecule has 4 nitrogen and oxygen atoms in total. The molecule has 0 saturated carbocycles. The SMILES string of the molecule is CCCC(C)(CNC(C)C)CN(CCOC)CCOC. The Kier molecular flexibility index (Phi) is 11.4. The largest absolute Gasteiger partial charge is 0.383 e. The topological polar surface area (TPSA) is 33.7 Å². The van der Waals surface area contributed by atoms with Crippen molar-refractivity contribution in [3.63, 3.8) is 0 Å². The first-order valence-electron chi connectivity index (χ1n) is 7.91. The summed E-state index contributed by atoms with van der Waals surface area (Å²) in [5.74, 6) is 0. The molecule has 0 heterocycles. The van der Waals surface area contributed by atoms with Gasteiger partial charge >= 0.3 is 0 Å². The van der Waals surface area contributed by atoms with Crippen LogP contribution in [0.25, 0.3) is 0 Å². The molecule has 0 aromatic carbocycles. The molecule has 0 fully saturated rings. The van der Waals surface area contributed by atoms with Gasteiger partial charge < -0.3 is 14.8 Å². The quantitative estimate of drug-likeness (QED) is 0.564. The van der Waals surface area contributed by atoms with Gasteiger partial charge in [-0.15, -0.1) is 0 Å². The van der Waals surface area contributed by atoms with Gasteiger partial charge in [0.15, 0.2) is 0 Å². The third kappa shape index (κ3) is 9.70. The zero-order valence-electron chi connectivity index (χ0n) is 14.5. The molecule has 1 unspecified atom stereocenters. The number of ether oxygens (including phenoxy) is 2. The van der Waals surface area contributed by atoms with Crippen LogP contribution in [0.5, 0.6) is 0 Å². The lowest BCUT2D eigenvalue weighted by atomic mass is 9.84. The maximum atomic E-state index is 5.23. The summed E-state index contributed by atoms with van der Waals surface area (Å²) in [5.41, 5.74) is 0.306. The van der Waals surface area contributed by atoms with Gasteiger partial charge in [0.1, 0.15) is 0 Å². The van der Waals surface area contributed by atoms with E-state index in [-0.39, 0.29) is 0 Å². The summed E-state index contributed by atoms with van der Waals surface area (Å²) < 4.78 is 10.5. The van der Waals surface area contributed by atoms with E-state index in [1.165, 1.54) is 12.8 Å². The van der Waals surface area contributed by atoms with E-state index in [2.05, 4.69) is 37.9 Å². The molecule has 20 heavy (non-hydrogen) atoms. The van der Waals surface area contributed by atoms with Gasteiger partial charge in [0.05, 0.1) is 13.2 Å². The molecule has 0 aliphatic heterocycles. The van der Waals surface area contributed by atoms with E-state index in [1.807, 2.05) is 0 Å². The molecule has 0 rings (SSSR count). The van der Waals surface area contributed by atoms with Crippen LogP contribution in [-0.4, -0.2) is 64.6 Å². The Bertz CT molecular complexity index is 217. The van der Waals surface area contributed by atoms with Crippen LogP contribution in [0.4, 0.5) is 0 Å². The molecule has 0 bridgehead atoms. The summed E-state index contributed by atoms with van der Waals surface area (Å²) in [5, 5.41) is 3.60. The molecule has 0 saturated heterocycles. The van der Waals surface area contributed by atoms with Gasteiger partial charge in [0.2, 0.25) is 0 Å². The standard InChI is InChI=1S/C16H36N2O2/c1-7-8-16(4,13-17-15(2)3)14-18(9-11-19-5)10-12-20-6/h15,17H,7-14H2,1-6H3. The number of nitrogens with zero attached hydrogens (tertiary/aromatic N) is 1. The molecule has 0 amide bonds. The molecule has 0 aliphatic rings. The van der Waals surface area contributed by atoms with Gasteiger partial charge in [-0.3, -0.25) is 4.90 Å². The summed E-state index contributed by atoms with van der Waals surface area (Å²) in [4.78, 5) is 2.46. The molecule has 122 valence electrons. The zero-order valence-corrected chi connectivity index (χ0v) is 14.5. The summed E-state index contributed by atoms with van der Waals surface area (Å²) in [6.45, 7) is 14.7. The third-order valence-electron chi connectivity index (χ3n) is 3.62. The minimum absolute atomic E-state index is 0.306. The first-order valence-corrected chi connectivity index (χ1v) is 7.91. The minimum atomic E-state index is 0.306. The van der Waals surface area contributed by atoms with Crippen molar-refractivity contribution in [1.82, 2.24) is 10.2 Å². The Labute approximate surface area is 126 Å². The van der Waals surface area contributed by atoms with Crippen LogP contribution in [0.1, 0.15) is 40.5 Å². The van der Waals surface area contributed by atoms with Crippen LogP contribution < -0.4 is 5.32 Å². The van der Waals surface area contributed by atoms with Crippen molar-refractivity contribution in [1.29, 1.82) is 0 Å². The molecule has 0 aliphatic carbocycles. The molecule has 1 N–H and O–H groups in total. The molecular weight excluding hydrogens is 252 g/mol. The van der Waals surface area contributed by atoms with Crippen molar-refractivity contribution in [2.75, 3.05) is 53.6 Å². The van der Waals surface area contributed by atoms with Crippen molar-refractivity contribution in [3.8, 4) is 0 Å². The van der Waals surface area contributed by atoms with Crippen LogP contribution in [0.15, 0.2) is 0 Å². The number of hydrogen-bond donors (Lipinski definition) is 1. The number of rotatable bonds is 13. The van der Waals surface area contributed by atoms with E-state index in [4.69, 9.17) is 9.47 Å². The first kappa shape index (κ1) is 19.8. The monoisotopic (exact) mass is 288 g/mol. The van der Waals surface area contributed by atoms with Gasteiger partial charge in [-0.1, -0.05) is 34.1 Å². The lowest BCUT2D eigenvalue weighted by molar-refractivity contribution is 0.0794. The Morgan fingerprint density at radius 3 is 2.05 bits per heavy atom. The second-order valence-electron chi connectivity index (χ2n) is 6.36. The number of hydrogen-bond acceptors (Lipinski definition) is 4. The van der Waals surface area contributed by atoms with Gasteiger partial charge in [-0.2, -0.15) is 0 Å². The van der Waals surface area contributed by atoms with Gasteiger partial charge in [-0.05, 0) is 11.8 Å². The highest BCUT2D eigenvalue weighted by Gasteiger charge is 2.26. The smallest absolute Gasteiger partial charge is 0.0589 e. The second kappa shape index (κ2) is 11.5. The van der Waals surface area contributed by atoms with Gasteiger partial charge in [0, 0.05) is 46.4 Å². The number of nitrogens with one attached hydrogen (secondary N) is 1. The Morgan fingerprint density at radius 1 is 1.10 bits per heavy atom. The van der Waals surface area contributed by atoms with E-state index >= 15 is 0 Å².